The molecule has 0 unspecified atom stereocenters. The molecule has 0 aliphatic carbocycles. The van der Waals surface area contributed by atoms with E-state index in [1.54, 1.807) is 0 Å². The van der Waals surface area contributed by atoms with Crippen LogP contribution in [0.5, 0.6) is 0 Å². The van der Waals surface area contributed by atoms with Gasteiger partial charge in [0.05, 0.1) is 24.1 Å². The Hall–Kier alpha value is 0.420. The second-order valence-corrected chi connectivity index (χ2v) is 15.8. The smallest absolute Gasteiger partial charge is 0.0908 e. The van der Waals surface area contributed by atoms with Gasteiger partial charge in [0.1, 0.15) is 0 Å². The van der Waals surface area contributed by atoms with Crippen LogP contribution in [0, 0.1) is 0 Å². The summed E-state index contributed by atoms with van der Waals surface area (Å²) in [5.41, 5.74) is 0. The van der Waals surface area contributed by atoms with Crippen molar-refractivity contribution in [2.45, 2.75) is 0 Å². The van der Waals surface area contributed by atoms with E-state index in [0.717, 1.165) is 0 Å². The molecule has 0 bridgehead atoms. The molecule has 0 radical (unpaired) electrons. The number of rotatable bonds is 0. The fourth-order valence-corrected chi connectivity index (χ4v) is 15.2. The van der Waals surface area contributed by atoms with Crippen molar-refractivity contribution < 1.29 is 0 Å². The highest BCUT2D eigenvalue weighted by Crippen LogP contribution is 2.58. The summed E-state index contributed by atoms with van der Waals surface area (Å²) < 4.78 is 11.3. The maximum Gasteiger partial charge on any atom is 0.0908 e. The third kappa shape index (κ3) is 1.81. The number of thiophene rings is 7. The molecule has 0 aliphatic rings. The van der Waals surface area contributed by atoms with Crippen LogP contribution in [0.2, 0.25) is 0 Å². The number of hydrogen-bond acceptors (Lipinski definition) is 7. The van der Waals surface area contributed by atoms with E-state index >= 15 is 0 Å². The molecular weight excluding hydrogens is 576 g/mol. The van der Waals surface area contributed by atoms with E-state index in [-0.39, 0.29) is 0 Å². The molecule has 0 spiro atoms. The standard InChI is InChI=1S/C16H2Br2S7/c17-3-1-19-11-5(3)7-9-10-8-6-4(18)2-20-12(6)22-14(8)24-16(10)25-15(9)23-13(7)21-11/h1-2H. The summed E-state index contributed by atoms with van der Waals surface area (Å²) in [6.07, 6.45) is 0. The van der Waals surface area contributed by atoms with E-state index in [2.05, 4.69) is 42.6 Å². The Labute approximate surface area is 185 Å². The van der Waals surface area contributed by atoms with Gasteiger partial charge in [-0.3, -0.25) is 0 Å². The van der Waals surface area contributed by atoms with E-state index in [4.69, 9.17) is 0 Å². The summed E-state index contributed by atoms with van der Waals surface area (Å²) in [7, 11) is 0. The molecule has 7 aromatic heterocycles. The topological polar surface area (TPSA) is 0 Å². The van der Waals surface area contributed by atoms with Crippen molar-refractivity contribution in [1.29, 1.82) is 0 Å². The van der Waals surface area contributed by atoms with Gasteiger partial charge in [0.2, 0.25) is 0 Å². The van der Waals surface area contributed by atoms with Crippen molar-refractivity contribution in [2.24, 2.45) is 0 Å². The summed E-state index contributed by atoms with van der Waals surface area (Å²) in [6, 6.07) is 0. The van der Waals surface area contributed by atoms with Crippen LogP contribution in [0.1, 0.15) is 0 Å². The molecule has 122 valence electrons. The van der Waals surface area contributed by atoms with Crippen molar-refractivity contribution in [2.75, 3.05) is 0 Å². The van der Waals surface area contributed by atoms with Gasteiger partial charge in [-0.05, 0) is 31.9 Å². The van der Waals surface area contributed by atoms with Gasteiger partial charge in [0, 0.05) is 52.0 Å². The Morgan fingerprint density at radius 2 is 0.760 bits per heavy atom. The first kappa shape index (κ1) is 15.4. The van der Waals surface area contributed by atoms with Crippen molar-refractivity contribution in [3.05, 3.63) is 19.7 Å². The summed E-state index contributed by atoms with van der Waals surface area (Å²) in [5, 5.41) is 13.3. The second-order valence-electron chi connectivity index (χ2n) is 5.65. The minimum absolute atomic E-state index is 1.25. The van der Waals surface area contributed by atoms with Crippen LogP contribution in [-0.2, 0) is 0 Å². The molecule has 0 fully saturated rings. The highest BCUT2D eigenvalue weighted by Gasteiger charge is 2.24. The largest absolute Gasteiger partial charge is 0.132 e. The minimum Gasteiger partial charge on any atom is -0.132 e. The molecule has 9 heteroatoms. The van der Waals surface area contributed by atoms with Crippen molar-refractivity contribution >= 4 is 168 Å². The van der Waals surface area contributed by atoms with Gasteiger partial charge < -0.3 is 0 Å². The molecule has 0 saturated heterocycles. The highest BCUT2D eigenvalue weighted by molar-refractivity contribution is 9.11. The molecule has 0 N–H and O–H groups in total. The summed E-state index contributed by atoms with van der Waals surface area (Å²) in [5.74, 6) is 0. The van der Waals surface area contributed by atoms with Crippen LogP contribution in [0.3, 0.4) is 0 Å². The number of fused-ring (bicyclic) bond motifs is 11. The fraction of sp³-hybridized carbons (Fsp3) is 0. The van der Waals surface area contributed by atoms with Crippen LogP contribution in [-0.4, -0.2) is 0 Å². The summed E-state index contributed by atoms with van der Waals surface area (Å²) >= 11 is 21.1. The number of halogens is 2. The first-order chi connectivity index (χ1) is 12.2. The maximum absolute atomic E-state index is 3.79. The van der Waals surface area contributed by atoms with E-state index < -0.39 is 0 Å². The molecule has 0 aliphatic heterocycles. The third-order valence-electron chi connectivity index (χ3n) is 4.42. The Balaban J connectivity index is 1.86. The first-order valence-electron chi connectivity index (χ1n) is 7.13. The monoisotopic (exact) mass is 576 g/mol. The zero-order chi connectivity index (χ0) is 16.4. The van der Waals surface area contributed by atoms with Crippen LogP contribution in [0.25, 0.3) is 56.4 Å². The predicted octanol–water partition coefficient (Wildman–Crippen LogP) is 10.6. The molecule has 0 atom stereocenters. The van der Waals surface area contributed by atoms with Crippen molar-refractivity contribution in [1.82, 2.24) is 0 Å². The molecule has 0 nitrogen and oxygen atoms in total. The van der Waals surface area contributed by atoms with Gasteiger partial charge in [-0.25, -0.2) is 0 Å². The lowest BCUT2D eigenvalue weighted by Crippen LogP contribution is -1.63. The summed E-state index contributed by atoms with van der Waals surface area (Å²) in [6.45, 7) is 0. The molecule has 0 amide bonds. The molecular formula is C16H2Br2S7. The van der Waals surface area contributed by atoms with Gasteiger partial charge in [0.25, 0.3) is 0 Å². The fourth-order valence-electron chi connectivity index (χ4n) is 3.46. The zero-order valence-corrected chi connectivity index (χ0v) is 20.7. The first-order valence-corrected chi connectivity index (χ1v) is 14.6. The van der Waals surface area contributed by atoms with Crippen LogP contribution >= 0.6 is 111 Å². The zero-order valence-electron chi connectivity index (χ0n) is 11.8. The Morgan fingerprint density at radius 1 is 0.440 bits per heavy atom. The quantitative estimate of drug-likeness (QED) is 0.168. The average Bonchev–Trinajstić information content (AvgIpc) is 3.33. The minimum atomic E-state index is 1.25. The van der Waals surface area contributed by atoms with Crippen molar-refractivity contribution in [3.8, 4) is 0 Å². The highest BCUT2D eigenvalue weighted by atomic mass is 79.9. The average molecular weight is 578 g/mol. The van der Waals surface area contributed by atoms with Crippen LogP contribution in [0.15, 0.2) is 19.7 Å². The lowest BCUT2D eigenvalue weighted by Gasteiger charge is -1.89. The van der Waals surface area contributed by atoms with Crippen LogP contribution in [0.4, 0.5) is 0 Å². The molecule has 7 heterocycles. The molecule has 25 heavy (non-hydrogen) atoms. The maximum atomic E-state index is 3.79. The molecule has 7 rings (SSSR count). The van der Waals surface area contributed by atoms with E-state index in [9.17, 15) is 0 Å². The Morgan fingerprint density at radius 3 is 1.16 bits per heavy atom. The van der Waals surface area contributed by atoms with Crippen molar-refractivity contribution in [3.63, 3.8) is 0 Å². The van der Waals surface area contributed by atoms with Gasteiger partial charge >= 0.3 is 0 Å². The lowest BCUT2D eigenvalue weighted by molar-refractivity contribution is 2.05. The number of hydrogen-bond donors (Lipinski definition) is 0. The van der Waals surface area contributed by atoms with Gasteiger partial charge in [0.15, 0.2) is 0 Å². The molecule has 0 aromatic carbocycles. The molecule has 0 saturated carbocycles. The van der Waals surface area contributed by atoms with Crippen LogP contribution < -0.4 is 0 Å². The van der Waals surface area contributed by atoms with Gasteiger partial charge in [-0.1, -0.05) is 0 Å². The SMILES string of the molecule is Brc1csc2sc3sc4sc5sc6sc7scc(Br)c7c6c5c4c3c12. The predicted molar refractivity (Wildman–Crippen MR) is 132 cm³/mol. The molecule has 7 aromatic rings. The van der Waals surface area contributed by atoms with Gasteiger partial charge in [-0.15, -0.1) is 79.4 Å². The third-order valence-corrected chi connectivity index (χ3v) is 14.8. The van der Waals surface area contributed by atoms with Gasteiger partial charge in [-0.2, -0.15) is 0 Å². The Bertz CT molecular complexity index is 1500. The normalized spacial score (nSPS) is 13.2. The van der Waals surface area contributed by atoms with E-state index in [0.29, 0.717) is 0 Å². The summed E-state index contributed by atoms with van der Waals surface area (Å²) in [4.78, 5) is 0. The lowest BCUT2D eigenvalue weighted by atomic mass is 10.1. The Kier molecular flexibility index (Phi) is 3.11. The second kappa shape index (κ2) is 5.07. The van der Waals surface area contributed by atoms with E-state index in [1.807, 2.05) is 79.4 Å². The van der Waals surface area contributed by atoms with E-state index in [1.165, 1.54) is 65.3 Å².